The fourth-order valence-corrected chi connectivity index (χ4v) is 2.57. The van der Waals surface area contributed by atoms with E-state index in [4.69, 9.17) is 5.26 Å². The number of anilines is 3. The van der Waals surface area contributed by atoms with Gasteiger partial charge in [0.2, 0.25) is 5.95 Å². The first-order chi connectivity index (χ1) is 12.2. The molecule has 0 amide bonds. The molecule has 0 atom stereocenters. The van der Waals surface area contributed by atoms with Crippen molar-refractivity contribution in [2.75, 3.05) is 17.3 Å². The minimum atomic E-state index is 0.413. The zero-order valence-corrected chi connectivity index (χ0v) is 13.8. The third-order valence-electron chi connectivity index (χ3n) is 4.05. The molecule has 2 heterocycles. The molecular formula is C17H18N8. The van der Waals surface area contributed by atoms with E-state index in [0.29, 0.717) is 23.2 Å². The highest BCUT2D eigenvalue weighted by atomic mass is 15.7. The SMILES string of the molecule is CC1=CN(Nc2nc(Nc3ccc(C#N)cc3)nnc2C2CC2)NC1. The second-order valence-electron chi connectivity index (χ2n) is 6.25. The van der Waals surface area contributed by atoms with Gasteiger partial charge in [0.1, 0.15) is 5.69 Å². The van der Waals surface area contributed by atoms with Gasteiger partial charge in [0, 0.05) is 24.4 Å². The van der Waals surface area contributed by atoms with Crippen LogP contribution < -0.4 is 16.2 Å². The lowest BCUT2D eigenvalue weighted by atomic mass is 10.2. The molecule has 126 valence electrons. The van der Waals surface area contributed by atoms with Crippen LogP contribution in [0.5, 0.6) is 0 Å². The van der Waals surface area contributed by atoms with Crippen LogP contribution in [0.4, 0.5) is 17.5 Å². The van der Waals surface area contributed by atoms with E-state index in [2.05, 4.69) is 44.3 Å². The standard InChI is InChI=1S/C17H18N8/c1-11-9-19-25(10-11)24-16-15(13-4-5-13)22-23-17(21-16)20-14-6-2-12(8-18)3-7-14/h2-3,6-7,10,13,19H,4-5,9H2,1H3,(H2,20,21,23,24). The summed E-state index contributed by atoms with van der Waals surface area (Å²) in [6.45, 7) is 2.87. The zero-order valence-electron chi connectivity index (χ0n) is 13.8. The van der Waals surface area contributed by atoms with Gasteiger partial charge >= 0.3 is 0 Å². The number of nitrogens with one attached hydrogen (secondary N) is 3. The van der Waals surface area contributed by atoms with Crippen molar-refractivity contribution in [1.29, 1.82) is 5.26 Å². The number of benzene rings is 1. The van der Waals surface area contributed by atoms with Crippen molar-refractivity contribution in [3.8, 4) is 6.07 Å². The summed E-state index contributed by atoms with van der Waals surface area (Å²) in [7, 11) is 0. The lowest BCUT2D eigenvalue weighted by molar-refractivity contribution is 0.365. The molecule has 4 rings (SSSR count). The molecule has 0 spiro atoms. The molecule has 1 saturated carbocycles. The Morgan fingerprint density at radius 3 is 2.68 bits per heavy atom. The summed E-state index contributed by atoms with van der Waals surface area (Å²) < 4.78 is 0. The van der Waals surface area contributed by atoms with Crippen LogP contribution in [-0.2, 0) is 0 Å². The summed E-state index contributed by atoms with van der Waals surface area (Å²) in [5, 5.41) is 22.4. The Kier molecular flexibility index (Phi) is 3.91. The number of rotatable bonds is 5. The molecular weight excluding hydrogens is 316 g/mol. The molecule has 1 fully saturated rings. The molecule has 8 heteroatoms. The maximum atomic E-state index is 8.87. The highest BCUT2D eigenvalue weighted by molar-refractivity contribution is 5.56. The van der Waals surface area contributed by atoms with Crippen LogP contribution in [0.1, 0.15) is 36.9 Å². The maximum Gasteiger partial charge on any atom is 0.249 e. The molecule has 1 aliphatic carbocycles. The van der Waals surface area contributed by atoms with Crippen LogP contribution >= 0.6 is 0 Å². The number of hydrogen-bond acceptors (Lipinski definition) is 8. The van der Waals surface area contributed by atoms with Gasteiger partial charge in [-0.1, -0.05) is 0 Å². The van der Waals surface area contributed by atoms with Crippen molar-refractivity contribution in [3.05, 3.63) is 47.3 Å². The topological polar surface area (TPSA) is 102 Å². The van der Waals surface area contributed by atoms with E-state index >= 15 is 0 Å². The van der Waals surface area contributed by atoms with E-state index < -0.39 is 0 Å². The van der Waals surface area contributed by atoms with Gasteiger partial charge in [-0.15, -0.1) is 10.2 Å². The fourth-order valence-electron chi connectivity index (χ4n) is 2.57. The third-order valence-corrected chi connectivity index (χ3v) is 4.05. The van der Waals surface area contributed by atoms with Crippen molar-refractivity contribution < 1.29 is 0 Å². The highest BCUT2D eigenvalue weighted by Crippen LogP contribution is 2.41. The van der Waals surface area contributed by atoms with Crippen LogP contribution in [0.25, 0.3) is 0 Å². The van der Waals surface area contributed by atoms with Gasteiger partial charge in [0.25, 0.3) is 0 Å². The van der Waals surface area contributed by atoms with E-state index in [1.165, 1.54) is 5.57 Å². The second-order valence-corrected chi connectivity index (χ2v) is 6.25. The number of nitriles is 1. The average molecular weight is 334 g/mol. The minimum absolute atomic E-state index is 0.413. The fraction of sp³-hybridized carbons (Fsp3) is 0.294. The number of hydrazine groups is 2. The molecule has 0 bridgehead atoms. The first kappa shape index (κ1) is 15.4. The first-order valence-electron chi connectivity index (χ1n) is 8.20. The Morgan fingerprint density at radius 2 is 2.04 bits per heavy atom. The Bertz CT molecular complexity index is 848. The Morgan fingerprint density at radius 1 is 1.24 bits per heavy atom. The third kappa shape index (κ3) is 3.51. The summed E-state index contributed by atoms with van der Waals surface area (Å²) in [5.41, 5.74) is 10.0. The van der Waals surface area contributed by atoms with Gasteiger partial charge in [-0.05, 0) is 49.6 Å². The molecule has 8 nitrogen and oxygen atoms in total. The molecule has 0 unspecified atom stereocenters. The molecule has 0 saturated heterocycles. The van der Waals surface area contributed by atoms with Crippen LogP contribution in [0, 0.1) is 11.3 Å². The van der Waals surface area contributed by atoms with E-state index in [9.17, 15) is 0 Å². The summed E-state index contributed by atoms with van der Waals surface area (Å²) in [6, 6.07) is 9.22. The van der Waals surface area contributed by atoms with E-state index in [0.717, 1.165) is 30.8 Å². The van der Waals surface area contributed by atoms with Crippen LogP contribution in [-0.4, -0.2) is 26.8 Å². The normalized spacial score (nSPS) is 16.3. The monoisotopic (exact) mass is 334 g/mol. The van der Waals surface area contributed by atoms with Gasteiger partial charge < -0.3 is 5.32 Å². The van der Waals surface area contributed by atoms with Gasteiger partial charge in [0.15, 0.2) is 5.82 Å². The van der Waals surface area contributed by atoms with E-state index in [1.807, 2.05) is 18.3 Å². The van der Waals surface area contributed by atoms with Crippen LogP contribution in [0.15, 0.2) is 36.0 Å². The minimum Gasteiger partial charge on any atom is -0.323 e. The van der Waals surface area contributed by atoms with Crippen LogP contribution in [0.3, 0.4) is 0 Å². The summed E-state index contributed by atoms with van der Waals surface area (Å²) in [5.74, 6) is 1.54. The smallest absolute Gasteiger partial charge is 0.249 e. The Labute approximate surface area is 145 Å². The average Bonchev–Trinajstić information content (AvgIpc) is 3.38. The van der Waals surface area contributed by atoms with Gasteiger partial charge in [0.05, 0.1) is 11.6 Å². The first-order valence-corrected chi connectivity index (χ1v) is 8.20. The number of aromatic nitrogens is 3. The molecule has 25 heavy (non-hydrogen) atoms. The largest absolute Gasteiger partial charge is 0.323 e. The number of hydrogen-bond donors (Lipinski definition) is 3. The lowest BCUT2D eigenvalue weighted by Crippen LogP contribution is -2.35. The van der Waals surface area contributed by atoms with Crippen molar-refractivity contribution in [2.45, 2.75) is 25.7 Å². The second kappa shape index (κ2) is 6.37. The maximum absolute atomic E-state index is 8.87. The quantitative estimate of drug-likeness (QED) is 0.766. The molecule has 2 aromatic rings. The molecule has 1 aliphatic heterocycles. The van der Waals surface area contributed by atoms with Gasteiger partial charge in [-0.25, -0.2) is 10.5 Å². The van der Waals surface area contributed by atoms with Crippen LogP contribution in [0.2, 0.25) is 0 Å². The Balaban J connectivity index is 1.56. The summed E-state index contributed by atoms with van der Waals surface area (Å²) in [6.07, 6.45) is 4.23. The summed E-state index contributed by atoms with van der Waals surface area (Å²) in [4.78, 5) is 4.59. The predicted molar refractivity (Wildman–Crippen MR) is 93.5 cm³/mol. The van der Waals surface area contributed by atoms with Crippen molar-refractivity contribution in [3.63, 3.8) is 0 Å². The van der Waals surface area contributed by atoms with E-state index in [1.54, 1.807) is 17.3 Å². The predicted octanol–water partition coefficient (Wildman–Crippen LogP) is 2.42. The highest BCUT2D eigenvalue weighted by Gasteiger charge is 2.30. The number of nitrogens with zero attached hydrogens (tertiary/aromatic N) is 5. The lowest BCUT2D eigenvalue weighted by Gasteiger charge is -2.19. The molecule has 1 aromatic carbocycles. The molecule has 0 radical (unpaired) electrons. The molecule has 2 aliphatic rings. The molecule has 1 aromatic heterocycles. The van der Waals surface area contributed by atoms with E-state index in [-0.39, 0.29) is 0 Å². The van der Waals surface area contributed by atoms with Crippen molar-refractivity contribution in [1.82, 2.24) is 25.7 Å². The Hall–Kier alpha value is -3.18. The van der Waals surface area contributed by atoms with Crippen molar-refractivity contribution in [2.24, 2.45) is 0 Å². The summed E-state index contributed by atoms with van der Waals surface area (Å²) >= 11 is 0. The molecule has 3 N–H and O–H groups in total. The van der Waals surface area contributed by atoms with Gasteiger partial charge in [-0.3, -0.25) is 5.43 Å². The zero-order chi connectivity index (χ0) is 17.2. The van der Waals surface area contributed by atoms with Crippen molar-refractivity contribution >= 4 is 17.5 Å². The van der Waals surface area contributed by atoms with Gasteiger partial charge in [-0.2, -0.15) is 10.2 Å².